The molecule has 5 heteroatoms. The van der Waals surface area contributed by atoms with E-state index in [0.717, 1.165) is 16.5 Å². The molecule has 0 aliphatic carbocycles. The SMILES string of the molecule is Nc1n[nH]c(=S)n1-c1cccc2ccccc12. The Bertz CT molecular complexity index is 736. The third kappa shape index (κ3) is 1.52. The summed E-state index contributed by atoms with van der Waals surface area (Å²) in [4.78, 5) is 0. The summed E-state index contributed by atoms with van der Waals surface area (Å²) in [7, 11) is 0. The number of hydrogen-bond donors (Lipinski definition) is 2. The maximum Gasteiger partial charge on any atom is 0.225 e. The summed E-state index contributed by atoms with van der Waals surface area (Å²) < 4.78 is 2.23. The molecule has 84 valence electrons. The molecule has 1 aromatic heterocycles. The van der Waals surface area contributed by atoms with Crippen LogP contribution in [0.4, 0.5) is 5.95 Å². The van der Waals surface area contributed by atoms with Gasteiger partial charge in [-0.25, -0.2) is 5.10 Å². The van der Waals surface area contributed by atoms with E-state index in [1.807, 2.05) is 30.3 Å². The van der Waals surface area contributed by atoms with E-state index in [4.69, 9.17) is 18.0 Å². The lowest BCUT2D eigenvalue weighted by molar-refractivity contribution is 1.05. The largest absolute Gasteiger partial charge is 0.368 e. The predicted molar refractivity (Wildman–Crippen MR) is 70.7 cm³/mol. The van der Waals surface area contributed by atoms with Crippen LogP contribution in [0.15, 0.2) is 42.5 Å². The molecule has 0 aliphatic rings. The Balaban J connectivity index is 2.43. The van der Waals surface area contributed by atoms with Gasteiger partial charge in [0.25, 0.3) is 0 Å². The van der Waals surface area contributed by atoms with Gasteiger partial charge in [0.1, 0.15) is 0 Å². The fourth-order valence-corrected chi connectivity index (χ4v) is 2.18. The predicted octanol–water partition coefficient (Wildman–Crippen LogP) is 2.67. The van der Waals surface area contributed by atoms with Crippen molar-refractivity contribution in [3.63, 3.8) is 0 Å². The third-order valence-corrected chi connectivity index (χ3v) is 2.98. The number of H-pyrrole nitrogens is 1. The molecular formula is C12H10N4S. The summed E-state index contributed by atoms with van der Waals surface area (Å²) in [5.74, 6) is 0.367. The minimum atomic E-state index is 0.367. The summed E-state index contributed by atoms with van der Waals surface area (Å²) in [6.45, 7) is 0. The monoisotopic (exact) mass is 242 g/mol. The van der Waals surface area contributed by atoms with Crippen LogP contribution in [0.3, 0.4) is 0 Å². The van der Waals surface area contributed by atoms with Gasteiger partial charge < -0.3 is 5.73 Å². The Kier molecular flexibility index (Phi) is 2.19. The summed E-state index contributed by atoms with van der Waals surface area (Å²) >= 11 is 5.18. The summed E-state index contributed by atoms with van der Waals surface area (Å²) in [6.07, 6.45) is 0. The van der Waals surface area contributed by atoms with Crippen molar-refractivity contribution in [2.24, 2.45) is 0 Å². The molecule has 1 heterocycles. The second kappa shape index (κ2) is 3.71. The van der Waals surface area contributed by atoms with Crippen molar-refractivity contribution < 1.29 is 0 Å². The molecular weight excluding hydrogens is 232 g/mol. The third-order valence-electron chi connectivity index (χ3n) is 2.71. The lowest BCUT2D eigenvalue weighted by Crippen LogP contribution is -2.01. The number of hydrogen-bond acceptors (Lipinski definition) is 3. The quantitative estimate of drug-likeness (QED) is 0.645. The van der Waals surface area contributed by atoms with Crippen molar-refractivity contribution in [3.8, 4) is 5.69 Å². The lowest BCUT2D eigenvalue weighted by Gasteiger charge is -2.07. The summed E-state index contributed by atoms with van der Waals surface area (Å²) in [6, 6.07) is 14.1. The number of fused-ring (bicyclic) bond motifs is 1. The highest BCUT2D eigenvalue weighted by Gasteiger charge is 2.07. The van der Waals surface area contributed by atoms with E-state index in [1.54, 1.807) is 4.57 Å². The second-order valence-electron chi connectivity index (χ2n) is 3.72. The molecule has 3 rings (SSSR count). The Morgan fingerprint density at radius 2 is 1.88 bits per heavy atom. The van der Waals surface area contributed by atoms with Crippen molar-refractivity contribution in [3.05, 3.63) is 47.2 Å². The minimum absolute atomic E-state index is 0.367. The molecule has 3 N–H and O–H groups in total. The van der Waals surface area contributed by atoms with Crippen molar-refractivity contribution in [1.29, 1.82) is 0 Å². The Hall–Kier alpha value is -2.14. The van der Waals surface area contributed by atoms with Gasteiger partial charge in [0, 0.05) is 5.39 Å². The van der Waals surface area contributed by atoms with E-state index in [1.165, 1.54) is 0 Å². The number of nitrogen functional groups attached to an aromatic ring is 1. The van der Waals surface area contributed by atoms with Crippen LogP contribution in [-0.4, -0.2) is 14.8 Å². The first kappa shape index (κ1) is 10.0. The van der Waals surface area contributed by atoms with E-state index >= 15 is 0 Å². The standard InChI is InChI=1S/C12H10N4S/c13-11-14-15-12(17)16(11)10-7-3-5-8-4-1-2-6-9(8)10/h1-7H,(H2,13,14)(H,15,17). The van der Waals surface area contributed by atoms with E-state index in [-0.39, 0.29) is 0 Å². The van der Waals surface area contributed by atoms with Gasteiger partial charge in [0.05, 0.1) is 5.69 Å². The molecule has 0 saturated carbocycles. The molecule has 4 nitrogen and oxygen atoms in total. The average molecular weight is 242 g/mol. The fraction of sp³-hybridized carbons (Fsp3) is 0. The van der Waals surface area contributed by atoms with Gasteiger partial charge in [-0.3, -0.25) is 4.57 Å². The molecule has 0 saturated heterocycles. The van der Waals surface area contributed by atoms with Crippen LogP contribution in [0.1, 0.15) is 0 Å². The first-order valence-electron chi connectivity index (χ1n) is 5.18. The zero-order valence-electron chi connectivity index (χ0n) is 8.92. The topological polar surface area (TPSA) is 59.6 Å². The number of anilines is 1. The molecule has 0 aliphatic heterocycles. The van der Waals surface area contributed by atoms with Crippen molar-refractivity contribution in [1.82, 2.24) is 14.8 Å². The zero-order chi connectivity index (χ0) is 11.8. The highest BCUT2D eigenvalue weighted by atomic mass is 32.1. The molecule has 0 spiro atoms. The van der Waals surface area contributed by atoms with Gasteiger partial charge in [0.15, 0.2) is 0 Å². The molecule has 0 unspecified atom stereocenters. The number of aromatic amines is 1. The fourth-order valence-electron chi connectivity index (χ4n) is 1.95. The molecule has 0 atom stereocenters. The van der Waals surface area contributed by atoms with Crippen LogP contribution in [-0.2, 0) is 0 Å². The molecule has 0 bridgehead atoms. The Morgan fingerprint density at radius 3 is 2.65 bits per heavy atom. The van der Waals surface area contributed by atoms with Crippen LogP contribution in [0.25, 0.3) is 16.5 Å². The van der Waals surface area contributed by atoms with Crippen LogP contribution in [0.2, 0.25) is 0 Å². The van der Waals surface area contributed by atoms with Gasteiger partial charge >= 0.3 is 0 Å². The maximum atomic E-state index is 5.82. The normalized spacial score (nSPS) is 10.8. The number of benzene rings is 2. The number of nitrogens with two attached hydrogens (primary N) is 1. The van der Waals surface area contributed by atoms with E-state index in [0.29, 0.717) is 10.7 Å². The Morgan fingerprint density at radius 1 is 1.12 bits per heavy atom. The molecule has 0 amide bonds. The first-order valence-corrected chi connectivity index (χ1v) is 5.59. The van der Waals surface area contributed by atoms with Gasteiger partial charge in [-0.2, -0.15) is 0 Å². The van der Waals surface area contributed by atoms with Gasteiger partial charge in [-0.15, -0.1) is 5.10 Å². The van der Waals surface area contributed by atoms with Crippen molar-refractivity contribution in [2.75, 3.05) is 5.73 Å². The molecule has 3 aromatic rings. The van der Waals surface area contributed by atoms with Crippen molar-refractivity contribution >= 4 is 28.9 Å². The molecule has 0 radical (unpaired) electrons. The number of nitrogens with zero attached hydrogens (tertiary/aromatic N) is 2. The van der Waals surface area contributed by atoms with E-state index in [2.05, 4.69) is 22.3 Å². The van der Waals surface area contributed by atoms with Gasteiger partial charge in [0.2, 0.25) is 10.7 Å². The van der Waals surface area contributed by atoms with E-state index < -0.39 is 0 Å². The summed E-state index contributed by atoms with van der Waals surface area (Å²) in [5.41, 5.74) is 6.76. The Labute approximate surface area is 103 Å². The van der Waals surface area contributed by atoms with Gasteiger partial charge in [-0.05, 0) is 23.7 Å². The average Bonchev–Trinajstić information content (AvgIpc) is 2.69. The molecule has 0 fully saturated rings. The second-order valence-corrected chi connectivity index (χ2v) is 4.11. The van der Waals surface area contributed by atoms with Crippen molar-refractivity contribution in [2.45, 2.75) is 0 Å². The zero-order valence-corrected chi connectivity index (χ0v) is 9.74. The minimum Gasteiger partial charge on any atom is -0.368 e. The van der Waals surface area contributed by atoms with Crippen LogP contribution in [0, 0.1) is 4.77 Å². The molecule has 2 aromatic carbocycles. The smallest absolute Gasteiger partial charge is 0.225 e. The van der Waals surface area contributed by atoms with Gasteiger partial charge in [-0.1, -0.05) is 36.4 Å². The first-order chi connectivity index (χ1) is 8.27. The number of nitrogens with one attached hydrogen (secondary N) is 1. The highest BCUT2D eigenvalue weighted by Crippen LogP contribution is 2.23. The highest BCUT2D eigenvalue weighted by molar-refractivity contribution is 7.71. The molecule has 17 heavy (non-hydrogen) atoms. The van der Waals surface area contributed by atoms with Crippen LogP contribution in [0.5, 0.6) is 0 Å². The lowest BCUT2D eigenvalue weighted by atomic mass is 10.1. The maximum absolute atomic E-state index is 5.82. The van der Waals surface area contributed by atoms with Crippen LogP contribution < -0.4 is 5.73 Å². The number of rotatable bonds is 1. The summed E-state index contributed by atoms with van der Waals surface area (Å²) in [5, 5.41) is 8.86. The van der Waals surface area contributed by atoms with E-state index in [9.17, 15) is 0 Å². The van der Waals surface area contributed by atoms with Crippen LogP contribution >= 0.6 is 12.2 Å². The number of aromatic nitrogens is 3.